The second-order valence-corrected chi connectivity index (χ2v) is 9.12. The Hall–Kier alpha value is -1.85. The van der Waals surface area contributed by atoms with Crippen LogP contribution >= 0.6 is 11.3 Å². The van der Waals surface area contributed by atoms with E-state index >= 15 is 0 Å². The van der Waals surface area contributed by atoms with Crippen molar-refractivity contribution in [3.8, 4) is 5.75 Å². The van der Waals surface area contributed by atoms with Gasteiger partial charge in [0.1, 0.15) is 5.75 Å². The number of amides is 1. The Balaban J connectivity index is 1.39. The number of nitrogens with zero attached hydrogens (tertiary/aromatic N) is 1. The minimum Gasteiger partial charge on any atom is -0.484 e. The van der Waals surface area contributed by atoms with Crippen LogP contribution < -0.4 is 10.1 Å². The van der Waals surface area contributed by atoms with Crippen molar-refractivity contribution >= 4 is 17.2 Å². The first-order valence-electron chi connectivity index (χ1n) is 10.3. The Labute approximate surface area is 172 Å². The topological polar surface area (TPSA) is 41.6 Å². The zero-order valence-corrected chi connectivity index (χ0v) is 18.1. The molecule has 1 saturated heterocycles. The standard InChI is InChI=1S/C23H32N2O2S/c1-17(2)22-9-8-20(12-18(22)3)27-16-23(26)24-13-19-6-4-10-25(14-19)15-21-7-5-11-28-21/h5,7-9,11-12,17,19H,4,6,10,13-16H2,1-3H3,(H,24,26). The molecule has 0 spiro atoms. The SMILES string of the molecule is Cc1cc(OCC(=O)NCC2CCCN(Cc3cccs3)C2)ccc1C(C)C. The molecule has 1 aliphatic rings. The van der Waals surface area contributed by atoms with Crippen LogP contribution in [-0.4, -0.2) is 37.0 Å². The van der Waals surface area contributed by atoms with Gasteiger partial charge in [-0.3, -0.25) is 9.69 Å². The summed E-state index contributed by atoms with van der Waals surface area (Å²) in [7, 11) is 0. The van der Waals surface area contributed by atoms with Gasteiger partial charge in [-0.25, -0.2) is 0 Å². The van der Waals surface area contributed by atoms with E-state index in [-0.39, 0.29) is 12.5 Å². The van der Waals surface area contributed by atoms with Gasteiger partial charge in [-0.2, -0.15) is 0 Å². The van der Waals surface area contributed by atoms with Gasteiger partial charge in [0.25, 0.3) is 5.91 Å². The van der Waals surface area contributed by atoms with Crippen LogP contribution in [0.5, 0.6) is 5.75 Å². The first-order chi connectivity index (χ1) is 13.5. The molecule has 3 rings (SSSR count). The van der Waals surface area contributed by atoms with Crippen molar-refractivity contribution in [2.75, 3.05) is 26.2 Å². The number of aryl methyl sites for hydroxylation is 1. The maximum Gasteiger partial charge on any atom is 0.257 e. The van der Waals surface area contributed by atoms with E-state index in [0.29, 0.717) is 11.8 Å². The van der Waals surface area contributed by atoms with Crippen molar-refractivity contribution in [1.82, 2.24) is 10.2 Å². The van der Waals surface area contributed by atoms with Crippen molar-refractivity contribution in [2.45, 2.75) is 46.1 Å². The minimum atomic E-state index is -0.0408. The Morgan fingerprint density at radius 3 is 2.93 bits per heavy atom. The average Bonchev–Trinajstić information content (AvgIpc) is 3.18. The Bertz CT molecular complexity index is 758. The molecule has 4 nitrogen and oxygen atoms in total. The summed E-state index contributed by atoms with van der Waals surface area (Å²) < 4.78 is 5.69. The van der Waals surface area contributed by atoms with Crippen LogP contribution in [0.2, 0.25) is 0 Å². The molecule has 1 atom stereocenters. The summed E-state index contributed by atoms with van der Waals surface area (Å²) in [6, 6.07) is 10.4. The fourth-order valence-corrected chi connectivity index (χ4v) is 4.67. The summed E-state index contributed by atoms with van der Waals surface area (Å²) >= 11 is 1.82. The number of ether oxygens (including phenoxy) is 1. The second-order valence-electron chi connectivity index (χ2n) is 8.09. The van der Waals surface area contributed by atoms with Gasteiger partial charge in [-0.15, -0.1) is 11.3 Å². The molecule has 1 aromatic carbocycles. The lowest BCUT2D eigenvalue weighted by molar-refractivity contribution is -0.123. The highest BCUT2D eigenvalue weighted by atomic mass is 32.1. The molecule has 152 valence electrons. The zero-order chi connectivity index (χ0) is 19.9. The van der Waals surface area contributed by atoms with E-state index in [2.05, 4.69) is 54.6 Å². The first kappa shape index (κ1) is 20.9. The second kappa shape index (κ2) is 10.1. The number of hydrogen-bond donors (Lipinski definition) is 1. The smallest absolute Gasteiger partial charge is 0.257 e. The summed E-state index contributed by atoms with van der Waals surface area (Å²) in [6.45, 7) is 10.5. The fraction of sp³-hybridized carbons (Fsp3) is 0.522. The molecule has 0 bridgehead atoms. The number of carbonyl (C=O) groups excluding carboxylic acids is 1. The molecule has 1 aliphatic heterocycles. The molecule has 0 aliphatic carbocycles. The van der Waals surface area contributed by atoms with Crippen molar-refractivity contribution in [3.63, 3.8) is 0 Å². The molecule has 1 aromatic heterocycles. The largest absolute Gasteiger partial charge is 0.484 e. The zero-order valence-electron chi connectivity index (χ0n) is 17.2. The van der Waals surface area contributed by atoms with Gasteiger partial charge in [0, 0.05) is 24.5 Å². The summed E-state index contributed by atoms with van der Waals surface area (Å²) in [6.07, 6.45) is 2.38. The van der Waals surface area contributed by atoms with E-state index in [0.717, 1.165) is 31.9 Å². The number of hydrogen-bond acceptors (Lipinski definition) is 4. The Morgan fingerprint density at radius 2 is 2.21 bits per heavy atom. The van der Waals surface area contributed by atoms with Crippen LogP contribution in [0.1, 0.15) is 48.6 Å². The highest BCUT2D eigenvalue weighted by Gasteiger charge is 2.20. The molecule has 1 amide bonds. The van der Waals surface area contributed by atoms with Crippen molar-refractivity contribution in [2.24, 2.45) is 5.92 Å². The van der Waals surface area contributed by atoms with Crippen LogP contribution in [0.4, 0.5) is 0 Å². The molecule has 5 heteroatoms. The van der Waals surface area contributed by atoms with Crippen LogP contribution in [-0.2, 0) is 11.3 Å². The normalized spacial score (nSPS) is 17.6. The van der Waals surface area contributed by atoms with Gasteiger partial charge >= 0.3 is 0 Å². The fourth-order valence-electron chi connectivity index (χ4n) is 3.93. The Morgan fingerprint density at radius 1 is 1.36 bits per heavy atom. The quantitative estimate of drug-likeness (QED) is 0.705. The minimum absolute atomic E-state index is 0.0408. The number of piperidine rings is 1. The lowest BCUT2D eigenvalue weighted by Gasteiger charge is -2.32. The van der Waals surface area contributed by atoms with Gasteiger partial charge in [-0.1, -0.05) is 26.0 Å². The van der Waals surface area contributed by atoms with Gasteiger partial charge in [-0.05, 0) is 72.9 Å². The first-order valence-corrected chi connectivity index (χ1v) is 11.1. The van der Waals surface area contributed by atoms with E-state index in [1.54, 1.807) is 0 Å². The Kier molecular flexibility index (Phi) is 7.51. The molecule has 2 aromatic rings. The number of nitrogens with one attached hydrogen (secondary N) is 1. The van der Waals surface area contributed by atoms with E-state index in [1.807, 2.05) is 23.5 Å². The number of carbonyl (C=O) groups is 1. The molecule has 0 radical (unpaired) electrons. The number of thiophene rings is 1. The van der Waals surface area contributed by atoms with Crippen molar-refractivity contribution in [3.05, 3.63) is 51.7 Å². The summed E-state index contributed by atoms with van der Waals surface area (Å²) in [5, 5.41) is 5.19. The third kappa shape index (κ3) is 6.08. The maximum absolute atomic E-state index is 12.2. The van der Waals surface area contributed by atoms with E-state index in [1.165, 1.54) is 28.8 Å². The predicted molar refractivity (Wildman–Crippen MR) is 116 cm³/mol. The van der Waals surface area contributed by atoms with Crippen LogP contribution in [0.3, 0.4) is 0 Å². The highest BCUT2D eigenvalue weighted by molar-refractivity contribution is 7.09. The van der Waals surface area contributed by atoms with Gasteiger partial charge < -0.3 is 10.1 Å². The molecular weight excluding hydrogens is 368 g/mol. The van der Waals surface area contributed by atoms with Crippen LogP contribution in [0.25, 0.3) is 0 Å². The number of benzene rings is 1. The van der Waals surface area contributed by atoms with Crippen LogP contribution in [0, 0.1) is 12.8 Å². The average molecular weight is 401 g/mol. The molecule has 2 heterocycles. The molecule has 28 heavy (non-hydrogen) atoms. The highest BCUT2D eigenvalue weighted by Crippen LogP contribution is 2.23. The van der Waals surface area contributed by atoms with Crippen molar-refractivity contribution < 1.29 is 9.53 Å². The molecule has 1 N–H and O–H groups in total. The lowest BCUT2D eigenvalue weighted by atomic mass is 9.98. The van der Waals surface area contributed by atoms with Crippen LogP contribution in [0.15, 0.2) is 35.7 Å². The monoisotopic (exact) mass is 400 g/mol. The van der Waals surface area contributed by atoms with Crippen molar-refractivity contribution in [1.29, 1.82) is 0 Å². The molecule has 0 saturated carbocycles. The summed E-state index contributed by atoms with van der Waals surface area (Å²) in [4.78, 5) is 16.1. The number of likely N-dealkylation sites (tertiary alicyclic amines) is 1. The lowest BCUT2D eigenvalue weighted by Crippen LogP contribution is -2.41. The maximum atomic E-state index is 12.2. The molecule has 1 unspecified atom stereocenters. The number of rotatable bonds is 8. The molecular formula is C23H32N2O2S. The summed E-state index contributed by atoms with van der Waals surface area (Å²) in [5.41, 5.74) is 2.53. The van der Waals surface area contributed by atoms with Gasteiger partial charge in [0.15, 0.2) is 6.61 Å². The van der Waals surface area contributed by atoms with E-state index in [4.69, 9.17) is 4.74 Å². The van der Waals surface area contributed by atoms with E-state index in [9.17, 15) is 4.79 Å². The van der Waals surface area contributed by atoms with E-state index < -0.39 is 0 Å². The third-order valence-corrected chi connectivity index (χ3v) is 6.24. The third-order valence-electron chi connectivity index (χ3n) is 5.38. The summed E-state index contributed by atoms with van der Waals surface area (Å²) in [5.74, 6) is 1.73. The predicted octanol–water partition coefficient (Wildman–Crippen LogP) is 4.59. The van der Waals surface area contributed by atoms with Gasteiger partial charge in [0.2, 0.25) is 0 Å². The molecule has 1 fully saturated rings. The van der Waals surface area contributed by atoms with Gasteiger partial charge in [0.05, 0.1) is 0 Å².